The molecule has 1 aliphatic rings. The molecule has 90 valence electrons. The second kappa shape index (κ2) is 6.30. The van der Waals surface area contributed by atoms with E-state index in [4.69, 9.17) is 0 Å². The van der Waals surface area contributed by atoms with Gasteiger partial charge in [0.2, 0.25) is 5.91 Å². The van der Waals surface area contributed by atoms with Gasteiger partial charge in [0, 0.05) is 32.4 Å². The number of hydrogen-bond donors (Lipinski definition) is 0. The molecule has 0 unspecified atom stereocenters. The molecule has 16 heavy (non-hydrogen) atoms. The van der Waals surface area contributed by atoms with Crippen molar-refractivity contribution >= 4 is 5.91 Å². The Morgan fingerprint density at radius 3 is 2.38 bits per heavy atom. The summed E-state index contributed by atoms with van der Waals surface area (Å²) < 4.78 is 2.00. The Morgan fingerprint density at radius 2 is 1.94 bits per heavy atom. The highest BCUT2D eigenvalue weighted by atomic mass is 16.2. The zero-order valence-electron chi connectivity index (χ0n) is 10.4. The van der Waals surface area contributed by atoms with Crippen LogP contribution in [0.3, 0.4) is 0 Å². The van der Waals surface area contributed by atoms with Gasteiger partial charge in [-0.3, -0.25) is 9.48 Å². The highest BCUT2D eigenvalue weighted by Gasteiger charge is 2.21. The van der Waals surface area contributed by atoms with Crippen molar-refractivity contribution in [3.05, 3.63) is 18.5 Å². The first-order chi connectivity index (χ1) is 7.77. The fourth-order valence-corrected chi connectivity index (χ4v) is 1.94. The lowest BCUT2D eigenvalue weighted by molar-refractivity contribution is -0.130. The van der Waals surface area contributed by atoms with E-state index in [2.05, 4.69) is 5.10 Å². The molecule has 1 aromatic heterocycles. The second-order valence-electron chi connectivity index (χ2n) is 3.72. The molecule has 2 rings (SSSR count). The number of carbonyl (C=O) groups excluding carboxylic acids is 1. The van der Waals surface area contributed by atoms with E-state index in [-0.39, 0.29) is 5.91 Å². The fraction of sp³-hybridized carbons (Fsp3) is 0.667. The average molecular weight is 223 g/mol. The lowest BCUT2D eigenvalue weighted by Gasteiger charge is -2.31. The van der Waals surface area contributed by atoms with E-state index in [1.807, 2.05) is 35.7 Å². The number of likely N-dealkylation sites (tertiary alicyclic amines) is 1. The van der Waals surface area contributed by atoms with Gasteiger partial charge in [0.1, 0.15) is 0 Å². The van der Waals surface area contributed by atoms with Crippen LogP contribution in [0.1, 0.15) is 39.7 Å². The van der Waals surface area contributed by atoms with Crippen molar-refractivity contribution in [2.75, 3.05) is 13.1 Å². The maximum absolute atomic E-state index is 11.1. The summed E-state index contributed by atoms with van der Waals surface area (Å²) in [4.78, 5) is 13.0. The summed E-state index contributed by atoms with van der Waals surface area (Å²) in [5.41, 5.74) is 0. The normalized spacial score (nSPS) is 16.6. The number of amides is 1. The van der Waals surface area contributed by atoms with Gasteiger partial charge in [-0.1, -0.05) is 13.8 Å². The largest absolute Gasteiger partial charge is 0.343 e. The SMILES string of the molecule is CC.CC(=O)N1CCC(n2cccn2)CC1. The summed E-state index contributed by atoms with van der Waals surface area (Å²) in [6.07, 6.45) is 5.83. The highest BCUT2D eigenvalue weighted by molar-refractivity contribution is 5.73. The molecule has 0 bridgehead atoms. The Labute approximate surface area is 97.2 Å². The Balaban J connectivity index is 0.000000606. The van der Waals surface area contributed by atoms with Gasteiger partial charge in [-0.25, -0.2) is 0 Å². The van der Waals surface area contributed by atoms with Crippen molar-refractivity contribution in [3.8, 4) is 0 Å². The summed E-state index contributed by atoms with van der Waals surface area (Å²) in [5.74, 6) is 0.184. The van der Waals surface area contributed by atoms with E-state index in [1.54, 1.807) is 13.1 Å². The van der Waals surface area contributed by atoms with Crippen molar-refractivity contribution in [1.29, 1.82) is 0 Å². The number of hydrogen-bond acceptors (Lipinski definition) is 2. The van der Waals surface area contributed by atoms with E-state index in [9.17, 15) is 4.79 Å². The zero-order chi connectivity index (χ0) is 12.0. The minimum absolute atomic E-state index is 0.184. The molecule has 1 saturated heterocycles. The van der Waals surface area contributed by atoms with Crippen LogP contribution >= 0.6 is 0 Å². The molecule has 1 aromatic rings. The van der Waals surface area contributed by atoms with Crippen molar-refractivity contribution < 1.29 is 4.79 Å². The minimum atomic E-state index is 0.184. The van der Waals surface area contributed by atoms with Crippen molar-refractivity contribution in [2.45, 2.75) is 39.7 Å². The van der Waals surface area contributed by atoms with Crippen LogP contribution in [0, 0.1) is 0 Å². The first-order valence-corrected chi connectivity index (χ1v) is 6.02. The third-order valence-corrected chi connectivity index (χ3v) is 2.81. The number of rotatable bonds is 1. The van der Waals surface area contributed by atoms with Gasteiger partial charge >= 0.3 is 0 Å². The Kier molecular flexibility index (Phi) is 5.02. The van der Waals surface area contributed by atoms with Crippen LogP contribution in [-0.4, -0.2) is 33.7 Å². The molecule has 1 aliphatic heterocycles. The monoisotopic (exact) mass is 223 g/mol. The van der Waals surface area contributed by atoms with Crippen molar-refractivity contribution in [1.82, 2.24) is 14.7 Å². The molecule has 2 heterocycles. The highest BCUT2D eigenvalue weighted by Crippen LogP contribution is 2.21. The van der Waals surface area contributed by atoms with E-state index in [0.717, 1.165) is 25.9 Å². The van der Waals surface area contributed by atoms with Crippen LogP contribution in [0.4, 0.5) is 0 Å². The Hall–Kier alpha value is -1.32. The van der Waals surface area contributed by atoms with Gasteiger partial charge in [0.25, 0.3) is 0 Å². The maximum atomic E-state index is 11.1. The molecular formula is C12H21N3O. The molecule has 4 nitrogen and oxygen atoms in total. The van der Waals surface area contributed by atoms with Crippen LogP contribution < -0.4 is 0 Å². The average Bonchev–Trinajstić information content (AvgIpc) is 2.85. The molecule has 4 heteroatoms. The summed E-state index contributed by atoms with van der Waals surface area (Å²) >= 11 is 0. The lowest BCUT2D eigenvalue weighted by Crippen LogP contribution is -2.37. The number of aromatic nitrogens is 2. The van der Waals surface area contributed by atoms with Crippen LogP contribution in [0.5, 0.6) is 0 Å². The maximum Gasteiger partial charge on any atom is 0.219 e. The number of piperidine rings is 1. The van der Waals surface area contributed by atoms with Gasteiger partial charge in [-0.15, -0.1) is 0 Å². The van der Waals surface area contributed by atoms with Gasteiger partial charge in [-0.2, -0.15) is 5.10 Å². The summed E-state index contributed by atoms with van der Waals surface area (Å²) in [6.45, 7) is 7.36. The smallest absolute Gasteiger partial charge is 0.219 e. The number of carbonyl (C=O) groups is 1. The summed E-state index contributed by atoms with van der Waals surface area (Å²) in [6, 6.07) is 2.41. The zero-order valence-corrected chi connectivity index (χ0v) is 10.4. The molecule has 0 N–H and O–H groups in total. The predicted molar refractivity (Wildman–Crippen MR) is 64.1 cm³/mol. The van der Waals surface area contributed by atoms with Gasteiger partial charge in [0.05, 0.1) is 6.04 Å². The van der Waals surface area contributed by atoms with E-state index < -0.39 is 0 Å². The molecule has 0 aromatic carbocycles. The van der Waals surface area contributed by atoms with Crippen LogP contribution in [-0.2, 0) is 4.79 Å². The van der Waals surface area contributed by atoms with E-state index in [1.165, 1.54) is 0 Å². The topological polar surface area (TPSA) is 38.1 Å². The summed E-state index contributed by atoms with van der Waals surface area (Å²) in [7, 11) is 0. The van der Waals surface area contributed by atoms with Gasteiger partial charge in [0.15, 0.2) is 0 Å². The third kappa shape index (κ3) is 3.08. The molecule has 0 saturated carbocycles. The lowest BCUT2D eigenvalue weighted by atomic mass is 10.1. The molecule has 0 radical (unpaired) electrons. The minimum Gasteiger partial charge on any atom is -0.343 e. The Morgan fingerprint density at radius 1 is 1.31 bits per heavy atom. The quantitative estimate of drug-likeness (QED) is 0.731. The van der Waals surface area contributed by atoms with Gasteiger partial charge in [-0.05, 0) is 18.9 Å². The molecule has 0 aliphatic carbocycles. The predicted octanol–water partition coefficient (Wildman–Crippen LogP) is 2.09. The number of nitrogens with zero attached hydrogens (tertiary/aromatic N) is 3. The molecule has 0 atom stereocenters. The van der Waals surface area contributed by atoms with E-state index >= 15 is 0 Å². The standard InChI is InChI=1S/C10H15N3O.C2H6/c1-9(14)12-7-3-10(4-8-12)13-6-2-5-11-13;1-2/h2,5-6,10H,3-4,7-8H2,1H3;1-2H3. The van der Waals surface area contributed by atoms with Crippen molar-refractivity contribution in [3.63, 3.8) is 0 Å². The van der Waals surface area contributed by atoms with Crippen LogP contribution in [0.25, 0.3) is 0 Å². The molecule has 1 amide bonds. The van der Waals surface area contributed by atoms with Gasteiger partial charge < -0.3 is 4.90 Å². The summed E-state index contributed by atoms with van der Waals surface area (Å²) in [5, 5.41) is 4.22. The fourth-order valence-electron chi connectivity index (χ4n) is 1.94. The molecular weight excluding hydrogens is 202 g/mol. The van der Waals surface area contributed by atoms with E-state index in [0.29, 0.717) is 6.04 Å². The molecule has 0 spiro atoms. The van der Waals surface area contributed by atoms with Crippen molar-refractivity contribution in [2.24, 2.45) is 0 Å². The van der Waals surface area contributed by atoms with Crippen LogP contribution in [0.2, 0.25) is 0 Å². The van der Waals surface area contributed by atoms with Crippen LogP contribution in [0.15, 0.2) is 18.5 Å². The Bertz CT molecular complexity index is 300. The first-order valence-electron chi connectivity index (χ1n) is 6.02. The third-order valence-electron chi connectivity index (χ3n) is 2.81. The second-order valence-corrected chi connectivity index (χ2v) is 3.72. The first kappa shape index (κ1) is 12.7. The molecule has 1 fully saturated rings.